The zero-order chi connectivity index (χ0) is 19.7. The van der Waals surface area contributed by atoms with Gasteiger partial charge in [-0.05, 0) is 23.3 Å². The molecule has 0 saturated carbocycles. The first-order valence-electron chi connectivity index (χ1n) is 9.69. The van der Waals surface area contributed by atoms with Crippen LogP contribution < -0.4 is 5.32 Å². The van der Waals surface area contributed by atoms with Crippen molar-refractivity contribution in [2.45, 2.75) is 24.8 Å². The molecule has 1 saturated heterocycles. The molecule has 2 aromatic carbocycles. The van der Waals surface area contributed by atoms with E-state index < -0.39 is 11.8 Å². The molecule has 1 fully saturated rings. The number of aromatic amines is 1. The minimum absolute atomic E-state index is 0.118. The lowest BCUT2D eigenvalue weighted by Crippen LogP contribution is -2.21. The van der Waals surface area contributed by atoms with Crippen LogP contribution in [0.25, 0.3) is 21.8 Å². The third-order valence-electron chi connectivity index (χ3n) is 6.25. The molecule has 2 aromatic heterocycles. The van der Waals surface area contributed by atoms with Crippen molar-refractivity contribution in [1.82, 2.24) is 14.9 Å². The van der Waals surface area contributed by atoms with Gasteiger partial charge in [0.05, 0.1) is 17.4 Å². The molecule has 0 radical (unpaired) electrons. The number of ketones is 1. The first-order chi connectivity index (χ1) is 14.1. The average molecular weight is 383 g/mol. The highest BCUT2D eigenvalue weighted by Gasteiger charge is 2.46. The van der Waals surface area contributed by atoms with E-state index in [-0.39, 0.29) is 17.6 Å². The van der Waals surface area contributed by atoms with Crippen LogP contribution in [-0.4, -0.2) is 27.1 Å². The van der Waals surface area contributed by atoms with E-state index in [0.717, 1.165) is 32.9 Å². The monoisotopic (exact) mass is 383 g/mol. The molecule has 0 spiro atoms. The van der Waals surface area contributed by atoms with E-state index in [1.165, 1.54) is 0 Å². The summed E-state index contributed by atoms with van der Waals surface area (Å²) in [5, 5.41) is 4.34. The third-order valence-corrected chi connectivity index (χ3v) is 6.25. The third kappa shape index (κ3) is 2.14. The summed E-state index contributed by atoms with van der Waals surface area (Å²) in [7, 11) is 0. The van der Waals surface area contributed by atoms with Crippen LogP contribution in [0.2, 0.25) is 0 Å². The molecule has 4 aromatic rings. The summed E-state index contributed by atoms with van der Waals surface area (Å²) < 4.78 is 2.05. The maximum absolute atomic E-state index is 12.9. The minimum Gasteiger partial charge on any atom is -0.361 e. The highest BCUT2D eigenvalue weighted by Crippen LogP contribution is 2.44. The summed E-state index contributed by atoms with van der Waals surface area (Å²) in [5.74, 6) is -1.70. The molecular weight excluding hydrogens is 366 g/mol. The number of H-pyrrole nitrogens is 1. The number of nitrogens with one attached hydrogen (secondary N) is 2. The normalized spacial score (nSPS) is 21.3. The molecule has 0 aliphatic carbocycles. The van der Waals surface area contributed by atoms with E-state index in [0.29, 0.717) is 18.5 Å². The Hall–Kier alpha value is -3.67. The first kappa shape index (κ1) is 16.3. The highest BCUT2D eigenvalue weighted by molar-refractivity contribution is 6.15. The molecule has 2 N–H and O–H groups in total. The van der Waals surface area contributed by atoms with Gasteiger partial charge in [0.1, 0.15) is 0 Å². The van der Waals surface area contributed by atoms with Crippen LogP contribution in [0.15, 0.2) is 54.9 Å². The molecule has 29 heavy (non-hydrogen) atoms. The number of hydrogen-bond acceptors (Lipinski definition) is 3. The van der Waals surface area contributed by atoms with Crippen LogP contribution in [0.1, 0.15) is 39.7 Å². The number of amides is 2. The van der Waals surface area contributed by atoms with Gasteiger partial charge in [-0.15, -0.1) is 0 Å². The number of rotatable bonds is 2. The van der Waals surface area contributed by atoms with Crippen molar-refractivity contribution < 1.29 is 14.4 Å². The van der Waals surface area contributed by atoms with Crippen LogP contribution in [0.5, 0.6) is 0 Å². The lowest BCUT2D eigenvalue weighted by atomic mass is 9.83. The number of carbonyl (C=O) groups is 3. The van der Waals surface area contributed by atoms with Gasteiger partial charge < -0.3 is 9.55 Å². The molecule has 2 aliphatic heterocycles. The molecule has 2 atom stereocenters. The largest absolute Gasteiger partial charge is 0.361 e. The Labute approximate surface area is 165 Å². The summed E-state index contributed by atoms with van der Waals surface area (Å²) >= 11 is 0. The quantitative estimate of drug-likeness (QED) is 0.521. The molecule has 0 bridgehead atoms. The van der Waals surface area contributed by atoms with Gasteiger partial charge in [0.25, 0.3) is 0 Å². The second-order valence-corrected chi connectivity index (χ2v) is 7.75. The van der Waals surface area contributed by atoms with E-state index in [4.69, 9.17) is 0 Å². The smallest absolute Gasteiger partial charge is 0.235 e. The van der Waals surface area contributed by atoms with E-state index >= 15 is 0 Å². The van der Waals surface area contributed by atoms with Crippen molar-refractivity contribution in [2.75, 3.05) is 0 Å². The fraction of sp³-hybridized carbons (Fsp3) is 0.174. The van der Waals surface area contributed by atoms with E-state index in [1.54, 1.807) is 0 Å². The van der Waals surface area contributed by atoms with E-state index in [2.05, 4.69) is 10.3 Å². The number of para-hydroxylation sites is 2. The zero-order valence-corrected chi connectivity index (χ0v) is 15.4. The van der Waals surface area contributed by atoms with Gasteiger partial charge in [-0.3, -0.25) is 19.7 Å². The Morgan fingerprint density at radius 2 is 1.62 bits per heavy atom. The van der Waals surface area contributed by atoms with Gasteiger partial charge >= 0.3 is 0 Å². The van der Waals surface area contributed by atoms with Crippen LogP contribution in [0.4, 0.5) is 0 Å². The van der Waals surface area contributed by atoms with Gasteiger partial charge in [0.15, 0.2) is 5.78 Å². The molecule has 2 amide bonds. The van der Waals surface area contributed by atoms with Crippen LogP contribution in [0, 0.1) is 0 Å². The number of imide groups is 1. The van der Waals surface area contributed by atoms with Gasteiger partial charge in [-0.25, -0.2) is 0 Å². The number of Topliss-reactive ketones (excluding diaryl/α,β-unsaturated/α-hetero) is 1. The van der Waals surface area contributed by atoms with Crippen molar-refractivity contribution in [3.63, 3.8) is 0 Å². The first-order valence-corrected chi connectivity index (χ1v) is 9.69. The maximum Gasteiger partial charge on any atom is 0.235 e. The Kier molecular flexibility index (Phi) is 3.19. The molecule has 142 valence electrons. The molecule has 4 heterocycles. The predicted octanol–water partition coefficient (Wildman–Crippen LogP) is 3.23. The number of aryl methyl sites for hydroxylation is 1. The SMILES string of the molecule is O=C1CCn2cc([C@@H]3C(=O)NC(=O)[C@H]3c3c[nH]c4ccccc34)c3cccc1c32. The van der Waals surface area contributed by atoms with Crippen LogP contribution in [0.3, 0.4) is 0 Å². The van der Waals surface area contributed by atoms with Crippen molar-refractivity contribution >= 4 is 39.4 Å². The van der Waals surface area contributed by atoms with Crippen LogP contribution in [-0.2, 0) is 16.1 Å². The topological polar surface area (TPSA) is 84.0 Å². The number of fused-ring (bicyclic) bond motifs is 1. The second-order valence-electron chi connectivity index (χ2n) is 7.75. The zero-order valence-electron chi connectivity index (χ0n) is 15.4. The number of benzene rings is 2. The van der Waals surface area contributed by atoms with Crippen molar-refractivity contribution in [3.8, 4) is 0 Å². The standard InChI is InChI=1S/C23H17N3O3/c27-18-8-9-26-11-16(13-5-3-6-14(18)21(13)26)20-19(22(28)25-23(20)29)15-10-24-17-7-2-1-4-12(15)17/h1-7,10-11,19-20,24H,8-9H2,(H,25,28,29)/t19-,20-/m0/s1. The summed E-state index contributed by atoms with van der Waals surface area (Å²) in [5.41, 5.74) is 4.10. The molecular formula is C23H17N3O3. The molecule has 6 nitrogen and oxygen atoms in total. The Balaban J connectivity index is 1.59. The minimum atomic E-state index is -0.631. The maximum atomic E-state index is 12.9. The number of nitrogens with zero attached hydrogens (tertiary/aromatic N) is 1. The predicted molar refractivity (Wildman–Crippen MR) is 108 cm³/mol. The van der Waals surface area contributed by atoms with Gasteiger partial charge in [0.2, 0.25) is 11.8 Å². The van der Waals surface area contributed by atoms with E-state index in [9.17, 15) is 14.4 Å². The van der Waals surface area contributed by atoms with Crippen molar-refractivity contribution in [1.29, 1.82) is 0 Å². The summed E-state index contributed by atoms with van der Waals surface area (Å²) in [6.45, 7) is 0.590. The summed E-state index contributed by atoms with van der Waals surface area (Å²) in [6, 6.07) is 13.4. The highest BCUT2D eigenvalue weighted by atomic mass is 16.2. The number of aromatic nitrogens is 2. The van der Waals surface area contributed by atoms with E-state index in [1.807, 2.05) is 59.4 Å². The number of carbonyl (C=O) groups excluding carboxylic acids is 3. The molecule has 6 rings (SSSR count). The molecule has 2 aliphatic rings. The lowest BCUT2D eigenvalue weighted by molar-refractivity contribution is -0.125. The average Bonchev–Trinajstić information content (AvgIpc) is 3.38. The summed E-state index contributed by atoms with van der Waals surface area (Å²) in [6.07, 6.45) is 4.22. The van der Waals surface area contributed by atoms with Gasteiger partial charge in [-0.1, -0.05) is 30.3 Å². The van der Waals surface area contributed by atoms with Gasteiger partial charge in [-0.2, -0.15) is 0 Å². The fourth-order valence-corrected chi connectivity index (χ4v) is 4.97. The number of hydrogen-bond donors (Lipinski definition) is 2. The Bertz CT molecular complexity index is 1360. The van der Waals surface area contributed by atoms with Crippen LogP contribution >= 0.6 is 0 Å². The van der Waals surface area contributed by atoms with Gasteiger partial charge in [0, 0.05) is 47.2 Å². The Morgan fingerprint density at radius 3 is 2.48 bits per heavy atom. The second kappa shape index (κ2) is 5.67. The fourth-order valence-electron chi connectivity index (χ4n) is 4.97. The van der Waals surface area contributed by atoms with Crippen molar-refractivity contribution in [3.05, 3.63) is 71.5 Å². The summed E-state index contributed by atoms with van der Waals surface area (Å²) in [4.78, 5) is 41.3. The van der Waals surface area contributed by atoms with Crippen molar-refractivity contribution in [2.24, 2.45) is 0 Å². The lowest BCUT2D eigenvalue weighted by Gasteiger charge is -2.15. The molecule has 0 unspecified atom stereocenters. The molecule has 6 heteroatoms. The Morgan fingerprint density at radius 1 is 0.862 bits per heavy atom.